The fourth-order valence-electron chi connectivity index (χ4n) is 5.03. The Morgan fingerprint density at radius 3 is 2.36 bits per heavy atom. The van der Waals surface area contributed by atoms with E-state index in [4.69, 9.17) is 0 Å². The van der Waals surface area contributed by atoms with E-state index in [0.29, 0.717) is 19.6 Å². The van der Waals surface area contributed by atoms with Gasteiger partial charge < -0.3 is 14.7 Å². The van der Waals surface area contributed by atoms with Crippen LogP contribution >= 0.6 is 0 Å². The van der Waals surface area contributed by atoms with Crippen molar-refractivity contribution in [3.05, 3.63) is 35.4 Å². The SMILES string of the molecule is O=C(C1CCCN1C(=O)C1CC1)N1CCC(N2Cc3ccccc3C2=O)CC1. The maximum atomic E-state index is 13.1. The summed E-state index contributed by atoms with van der Waals surface area (Å²) in [6, 6.07) is 7.75. The van der Waals surface area contributed by atoms with Crippen LogP contribution in [-0.2, 0) is 16.1 Å². The lowest BCUT2D eigenvalue weighted by atomic mass is 10.0. The normalized spacial score (nSPS) is 25.4. The highest BCUT2D eigenvalue weighted by Gasteiger charge is 2.43. The van der Waals surface area contributed by atoms with Crippen LogP contribution in [0.25, 0.3) is 0 Å². The second kappa shape index (κ2) is 6.90. The van der Waals surface area contributed by atoms with Crippen molar-refractivity contribution in [2.24, 2.45) is 5.92 Å². The van der Waals surface area contributed by atoms with Gasteiger partial charge in [0.05, 0.1) is 0 Å². The molecule has 0 spiro atoms. The molecular weight excluding hydrogens is 354 g/mol. The predicted molar refractivity (Wildman–Crippen MR) is 103 cm³/mol. The molecule has 1 unspecified atom stereocenters. The van der Waals surface area contributed by atoms with Gasteiger partial charge in [-0.1, -0.05) is 18.2 Å². The topological polar surface area (TPSA) is 60.9 Å². The number of likely N-dealkylation sites (tertiary alicyclic amines) is 2. The molecule has 28 heavy (non-hydrogen) atoms. The van der Waals surface area contributed by atoms with Crippen molar-refractivity contribution in [3.8, 4) is 0 Å². The number of rotatable bonds is 3. The third-order valence-corrected chi connectivity index (χ3v) is 6.81. The average Bonchev–Trinajstić information content (AvgIpc) is 3.37. The molecule has 6 heteroatoms. The Balaban J connectivity index is 1.20. The first-order chi connectivity index (χ1) is 13.6. The van der Waals surface area contributed by atoms with Crippen LogP contribution in [0.1, 0.15) is 54.4 Å². The van der Waals surface area contributed by atoms with E-state index in [9.17, 15) is 14.4 Å². The quantitative estimate of drug-likeness (QED) is 0.805. The predicted octanol–water partition coefficient (Wildman–Crippen LogP) is 2.03. The lowest BCUT2D eigenvalue weighted by Crippen LogP contribution is -2.52. The lowest BCUT2D eigenvalue weighted by molar-refractivity contribution is -0.145. The van der Waals surface area contributed by atoms with Crippen LogP contribution in [0, 0.1) is 5.92 Å². The van der Waals surface area contributed by atoms with Gasteiger partial charge in [0.15, 0.2) is 0 Å². The number of hydrogen-bond donors (Lipinski definition) is 0. The number of amides is 3. The van der Waals surface area contributed by atoms with Crippen molar-refractivity contribution in [3.63, 3.8) is 0 Å². The highest BCUT2D eigenvalue weighted by Crippen LogP contribution is 2.34. The van der Waals surface area contributed by atoms with Crippen LogP contribution in [0.4, 0.5) is 0 Å². The van der Waals surface area contributed by atoms with Crippen molar-refractivity contribution in [2.45, 2.75) is 57.2 Å². The van der Waals surface area contributed by atoms with Gasteiger partial charge in [-0.25, -0.2) is 0 Å². The lowest BCUT2D eigenvalue weighted by Gasteiger charge is -2.38. The first kappa shape index (κ1) is 17.7. The molecule has 6 nitrogen and oxygen atoms in total. The van der Waals surface area contributed by atoms with E-state index in [1.165, 1.54) is 0 Å². The van der Waals surface area contributed by atoms with Gasteiger partial charge in [0.1, 0.15) is 6.04 Å². The van der Waals surface area contributed by atoms with Crippen molar-refractivity contribution in [2.75, 3.05) is 19.6 Å². The van der Waals surface area contributed by atoms with Crippen LogP contribution in [0.15, 0.2) is 24.3 Å². The number of hydrogen-bond acceptors (Lipinski definition) is 3. The molecule has 0 aromatic heterocycles. The molecule has 148 valence electrons. The molecule has 0 radical (unpaired) electrons. The van der Waals surface area contributed by atoms with Gasteiger partial charge in [-0.05, 0) is 50.2 Å². The Kier molecular flexibility index (Phi) is 4.37. The summed E-state index contributed by atoms with van der Waals surface area (Å²) >= 11 is 0. The smallest absolute Gasteiger partial charge is 0.254 e. The number of piperidine rings is 1. The van der Waals surface area contributed by atoms with Crippen LogP contribution < -0.4 is 0 Å². The highest BCUT2D eigenvalue weighted by atomic mass is 16.2. The number of carbonyl (C=O) groups excluding carboxylic acids is 3. The fraction of sp³-hybridized carbons (Fsp3) is 0.591. The standard InChI is InChI=1S/C22H27N3O3/c26-20(15-7-8-15)24-11-3-6-19(24)22(28)23-12-9-17(10-13-23)25-14-16-4-1-2-5-18(16)21(25)27/h1-2,4-5,15,17,19H,3,6-14H2. The molecule has 5 rings (SSSR count). The second-order valence-corrected chi connectivity index (χ2v) is 8.61. The number of nitrogens with zero attached hydrogens (tertiary/aromatic N) is 3. The summed E-state index contributed by atoms with van der Waals surface area (Å²) in [5.41, 5.74) is 1.92. The van der Waals surface area contributed by atoms with Crippen LogP contribution in [0.5, 0.6) is 0 Å². The fourth-order valence-corrected chi connectivity index (χ4v) is 5.03. The van der Waals surface area contributed by atoms with Crippen molar-refractivity contribution in [1.29, 1.82) is 0 Å². The third-order valence-electron chi connectivity index (χ3n) is 6.81. The minimum atomic E-state index is -0.262. The van der Waals surface area contributed by atoms with Gasteiger partial charge in [0.25, 0.3) is 5.91 Å². The van der Waals surface area contributed by atoms with Crippen molar-refractivity contribution < 1.29 is 14.4 Å². The number of fused-ring (bicyclic) bond motifs is 1. The van der Waals surface area contributed by atoms with Gasteiger partial charge in [-0.2, -0.15) is 0 Å². The molecular formula is C22H27N3O3. The van der Waals surface area contributed by atoms with Gasteiger partial charge in [-0.3, -0.25) is 14.4 Å². The van der Waals surface area contributed by atoms with Crippen LogP contribution in [0.2, 0.25) is 0 Å². The minimum absolute atomic E-state index is 0.112. The summed E-state index contributed by atoms with van der Waals surface area (Å²) in [5, 5.41) is 0. The largest absolute Gasteiger partial charge is 0.341 e. The molecule has 0 bridgehead atoms. The van der Waals surface area contributed by atoms with E-state index < -0.39 is 0 Å². The molecule has 1 aromatic rings. The molecule has 0 N–H and O–H groups in total. The zero-order valence-electron chi connectivity index (χ0n) is 16.2. The molecule has 3 amide bonds. The molecule has 1 saturated carbocycles. The maximum Gasteiger partial charge on any atom is 0.254 e. The summed E-state index contributed by atoms with van der Waals surface area (Å²) in [5.74, 6) is 0.589. The highest BCUT2D eigenvalue weighted by molar-refractivity contribution is 5.98. The Hall–Kier alpha value is -2.37. The van der Waals surface area contributed by atoms with Crippen molar-refractivity contribution >= 4 is 17.7 Å². The zero-order valence-corrected chi connectivity index (χ0v) is 16.2. The molecule has 1 aliphatic carbocycles. The Morgan fingerprint density at radius 1 is 0.893 bits per heavy atom. The first-order valence-corrected chi connectivity index (χ1v) is 10.6. The number of benzene rings is 1. The molecule has 2 saturated heterocycles. The van der Waals surface area contributed by atoms with E-state index in [1.807, 2.05) is 39.0 Å². The van der Waals surface area contributed by atoms with Gasteiger partial charge in [-0.15, -0.1) is 0 Å². The van der Waals surface area contributed by atoms with E-state index in [2.05, 4.69) is 0 Å². The Bertz CT molecular complexity index is 811. The van der Waals surface area contributed by atoms with E-state index in [-0.39, 0.29) is 35.7 Å². The van der Waals surface area contributed by atoms with E-state index in [0.717, 1.165) is 56.2 Å². The zero-order chi connectivity index (χ0) is 19.3. The Labute approximate surface area is 165 Å². The summed E-state index contributed by atoms with van der Waals surface area (Å²) in [7, 11) is 0. The number of carbonyl (C=O) groups is 3. The maximum absolute atomic E-state index is 13.1. The Morgan fingerprint density at radius 2 is 1.64 bits per heavy atom. The molecule has 3 fully saturated rings. The summed E-state index contributed by atoms with van der Waals surface area (Å²) < 4.78 is 0. The summed E-state index contributed by atoms with van der Waals surface area (Å²) in [4.78, 5) is 44.0. The van der Waals surface area contributed by atoms with Crippen LogP contribution in [-0.4, -0.2) is 64.1 Å². The molecule has 1 aromatic carbocycles. The average molecular weight is 381 g/mol. The summed E-state index contributed by atoms with van der Waals surface area (Å²) in [6.45, 7) is 2.75. The summed E-state index contributed by atoms with van der Waals surface area (Å²) in [6.07, 6.45) is 5.30. The van der Waals surface area contributed by atoms with Crippen molar-refractivity contribution in [1.82, 2.24) is 14.7 Å². The van der Waals surface area contributed by atoms with E-state index in [1.54, 1.807) is 0 Å². The first-order valence-electron chi connectivity index (χ1n) is 10.6. The van der Waals surface area contributed by atoms with E-state index >= 15 is 0 Å². The van der Waals surface area contributed by atoms with Gasteiger partial charge in [0.2, 0.25) is 11.8 Å². The van der Waals surface area contributed by atoms with Crippen LogP contribution in [0.3, 0.4) is 0 Å². The molecule has 4 aliphatic rings. The van der Waals surface area contributed by atoms with Gasteiger partial charge >= 0.3 is 0 Å². The molecule has 3 heterocycles. The molecule has 1 atom stereocenters. The van der Waals surface area contributed by atoms with Gasteiger partial charge in [0, 0.05) is 43.7 Å². The monoisotopic (exact) mass is 381 g/mol. The minimum Gasteiger partial charge on any atom is -0.341 e. The second-order valence-electron chi connectivity index (χ2n) is 8.61. The molecule has 3 aliphatic heterocycles. The third kappa shape index (κ3) is 2.99.